The van der Waals surface area contributed by atoms with E-state index in [0.29, 0.717) is 11.9 Å². The van der Waals surface area contributed by atoms with Crippen molar-refractivity contribution in [1.82, 2.24) is 15.0 Å². The number of thioether (sulfide) groups is 1. The number of aryl methyl sites for hydroxylation is 1. The Balaban J connectivity index is 1.65. The lowest BCUT2D eigenvalue weighted by Crippen LogP contribution is -2.43. The molecule has 0 radical (unpaired) electrons. The molecule has 2 saturated heterocycles. The maximum Gasteiger partial charge on any atom is 0.0827 e. The highest BCUT2D eigenvalue weighted by Crippen LogP contribution is 2.41. The Labute approximate surface area is 129 Å². The van der Waals surface area contributed by atoms with E-state index in [4.69, 9.17) is 16.3 Å². The van der Waals surface area contributed by atoms with Crippen LogP contribution in [0.15, 0.2) is 6.20 Å². The molecule has 2 aliphatic rings. The average Bonchev–Trinajstić information content (AvgIpc) is 2.95. The SMILES string of the molecule is ClCCCc1cn(C2CCOC3(CCSCC3)C2)nn1. The minimum absolute atomic E-state index is 0.108. The Bertz CT molecular complexity index is 428. The van der Waals surface area contributed by atoms with Gasteiger partial charge in [0.1, 0.15) is 0 Å². The van der Waals surface area contributed by atoms with Crippen molar-refractivity contribution < 1.29 is 4.74 Å². The van der Waals surface area contributed by atoms with Crippen molar-refractivity contribution in [3.05, 3.63) is 11.9 Å². The van der Waals surface area contributed by atoms with E-state index in [0.717, 1.165) is 38.0 Å². The molecule has 0 amide bonds. The van der Waals surface area contributed by atoms with E-state index in [1.54, 1.807) is 0 Å². The standard InChI is InChI=1S/C14H22ClN3OS/c15-6-1-2-12-11-18(17-16-12)13-3-7-19-14(10-13)4-8-20-9-5-14/h11,13H,1-10H2. The Morgan fingerprint density at radius 1 is 1.45 bits per heavy atom. The van der Waals surface area contributed by atoms with E-state index in [1.165, 1.54) is 24.3 Å². The second-order valence-electron chi connectivity index (χ2n) is 5.77. The fraction of sp³-hybridized carbons (Fsp3) is 0.857. The first-order chi connectivity index (χ1) is 9.81. The summed E-state index contributed by atoms with van der Waals surface area (Å²) in [6.07, 6.45) is 8.50. The largest absolute Gasteiger partial charge is 0.375 e. The molecule has 20 heavy (non-hydrogen) atoms. The van der Waals surface area contributed by atoms with Gasteiger partial charge in [-0.2, -0.15) is 11.8 Å². The quantitative estimate of drug-likeness (QED) is 0.801. The van der Waals surface area contributed by atoms with Gasteiger partial charge in [-0.25, -0.2) is 4.68 Å². The van der Waals surface area contributed by atoms with Crippen molar-refractivity contribution in [3.63, 3.8) is 0 Å². The van der Waals surface area contributed by atoms with Crippen molar-refractivity contribution in [2.24, 2.45) is 0 Å². The van der Waals surface area contributed by atoms with Crippen LogP contribution < -0.4 is 0 Å². The molecule has 1 atom stereocenters. The van der Waals surface area contributed by atoms with Crippen LogP contribution in [0.25, 0.3) is 0 Å². The van der Waals surface area contributed by atoms with Crippen LogP contribution >= 0.6 is 23.4 Å². The minimum Gasteiger partial charge on any atom is -0.375 e. The van der Waals surface area contributed by atoms with Gasteiger partial charge in [0, 0.05) is 18.7 Å². The summed E-state index contributed by atoms with van der Waals surface area (Å²) in [5.41, 5.74) is 1.17. The first-order valence-electron chi connectivity index (χ1n) is 7.50. The molecule has 6 heteroatoms. The molecule has 2 aliphatic heterocycles. The number of hydrogen-bond donors (Lipinski definition) is 0. The summed E-state index contributed by atoms with van der Waals surface area (Å²) in [7, 11) is 0. The minimum atomic E-state index is 0.108. The molecule has 0 aromatic carbocycles. The second kappa shape index (κ2) is 6.67. The molecule has 3 heterocycles. The summed E-state index contributed by atoms with van der Waals surface area (Å²) < 4.78 is 8.20. The van der Waals surface area contributed by atoms with Gasteiger partial charge in [-0.15, -0.1) is 16.7 Å². The number of nitrogens with zero attached hydrogens (tertiary/aromatic N) is 3. The van der Waals surface area contributed by atoms with Gasteiger partial charge in [0.2, 0.25) is 0 Å². The third-order valence-electron chi connectivity index (χ3n) is 4.37. The van der Waals surface area contributed by atoms with Crippen LogP contribution in [-0.2, 0) is 11.2 Å². The predicted molar refractivity (Wildman–Crippen MR) is 82.6 cm³/mol. The van der Waals surface area contributed by atoms with E-state index in [2.05, 4.69) is 21.2 Å². The number of rotatable bonds is 4. The molecule has 1 aromatic rings. The molecule has 2 fully saturated rings. The Hall–Kier alpha value is -0.260. The molecule has 0 saturated carbocycles. The first kappa shape index (κ1) is 14.7. The highest BCUT2D eigenvalue weighted by molar-refractivity contribution is 7.99. The van der Waals surface area contributed by atoms with Gasteiger partial charge in [-0.3, -0.25) is 0 Å². The molecule has 3 rings (SSSR count). The van der Waals surface area contributed by atoms with Crippen molar-refractivity contribution in [2.45, 2.75) is 50.2 Å². The van der Waals surface area contributed by atoms with Gasteiger partial charge in [0.15, 0.2) is 0 Å². The second-order valence-corrected chi connectivity index (χ2v) is 7.38. The highest BCUT2D eigenvalue weighted by Gasteiger charge is 2.39. The third kappa shape index (κ3) is 3.31. The zero-order chi connectivity index (χ0) is 13.8. The molecule has 112 valence electrons. The third-order valence-corrected chi connectivity index (χ3v) is 5.62. The zero-order valence-electron chi connectivity index (χ0n) is 11.8. The number of ether oxygens (including phenoxy) is 1. The van der Waals surface area contributed by atoms with Crippen LogP contribution in [-0.4, -0.2) is 44.6 Å². The normalized spacial score (nSPS) is 25.9. The summed E-state index contributed by atoms with van der Waals surface area (Å²) >= 11 is 7.78. The van der Waals surface area contributed by atoms with Crippen molar-refractivity contribution in [3.8, 4) is 0 Å². The van der Waals surface area contributed by atoms with Crippen molar-refractivity contribution in [2.75, 3.05) is 24.0 Å². The van der Waals surface area contributed by atoms with Gasteiger partial charge in [-0.1, -0.05) is 5.21 Å². The van der Waals surface area contributed by atoms with Gasteiger partial charge in [0.05, 0.1) is 17.3 Å². The molecule has 0 bridgehead atoms. The van der Waals surface area contributed by atoms with E-state index < -0.39 is 0 Å². The van der Waals surface area contributed by atoms with Gasteiger partial charge < -0.3 is 4.74 Å². The lowest BCUT2D eigenvalue weighted by Gasteiger charge is -2.43. The predicted octanol–water partition coefficient (Wildman–Crippen LogP) is 3.07. The maximum absolute atomic E-state index is 6.14. The molecule has 0 aliphatic carbocycles. The maximum atomic E-state index is 6.14. The van der Waals surface area contributed by atoms with Gasteiger partial charge >= 0.3 is 0 Å². The van der Waals surface area contributed by atoms with Crippen LogP contribution in [0.2, 0.25) is 0 Å². The van der Waals surface area contributed by atoms with E-state index in [9.17, 15) is 0 Å². The van der Waals surface area contributed by atoms with Crippen LogP contribution in [0.3, 0.4) is 0 Å². The zero-order valence-corrected chi connectivity index (χ0v) is 13.3. The molecular formula is C14H22ClN3OS. The lowest BCUT2D eigenvalue weighted by molar-refractivity contribution is -0.100. The summed E-state index contributed by atoms with van der Waals surface area (Å²) in [4.78, 5) is 0. The molecule has 1 spiro atoms. The smallest absolute Gasteiger partial charge is 0.0827 e. The summed E-state index contributed by atoms with van der Waals surface area (Å²) in [5.74, 6) is 3.14. The number of halogens is 1. The summed E-state index contributed by atoms with van der Waals surface area (Å²) in [6.45, 7) is 0.853. The van der Waals surface area contributed by atoms with Crippen molar-refractivity contribution >= 4 is 23.4 Å². The monoisotopic (exact) mass is 315 g/mol. The number of aromatic nitrogens is 3. The van der Waals surface area contributed by atoms with E-state index in [-0.39, 0.29) is 5.60 Å². The molecular weight excluding hydrogens is 294 g/mol. The van der Waals surface area contributed by atoms with Crippen LogP contribution in [0.5, 0.6) is 0 Å². The topological polar surface area (TPSA) is 39.9 Å². The number of alkyl halides is 1. The highest BCUT2D eigenvalue weighted by atomic mass is 35.5. The van der Waals surface area contributed by atoms with E-state index >= 15 is 0 Å². The average molecular weight is 316 g/mol. The molecule has 1 aromatic heterocycles. The van der Waals surface area contributed by atoms with Gasteiger partial charge in [0.25, 0.3) is 0 Å². The molecule has 1 unspecified atom stereocenters. The van der Waals surface area contributed by atoms with Crippen LogP contribution in [0.1, 0.15) is 43.8 Å². The first-order valence-corrected chi connectivity index (χ1v) is 9.19. The fourth-order valence-electron chi connectivity index (χ4n) is 3.17. The summed E-state index contributed by atoms with van der Waals surface area (Å²) in [6, 6.07) is 0.448. The fourth-order valence-corrected chi connectivity index (χ4v) is 4.54. The van der Waals surface area contributed by atoms with Crippen LogP contribution in [0.4, 0.5) is 0 Å². The van der Waals surface area contributed by atoms with E-state index in [1.807, 2.05) is 11.8 Å². The molecule has 4 nitrogen and oxygen atoms in total. The number of hydrogen-bond acceptors (Lipinski definition) is 4. The van der Waals surface area contributed by atoms with Crippen molar-refractivity contribution in [1.29, 1.82) is 0 Å². The Kier molecular flexibility index (Phi) is 4.89. The molecule has 0 N–H and O–H groups in total. The Morgan fingerprint density at radius 2 is 2.30 bits per heavy atom. The Morgan fingerprint density at radius 3 is 3.10 bits per heavy atom. The van der Waals surface area contributed by atoms with Crippen LogP contribution in [0, 0.1) is 0 Å². The summed E-state index contributed by atoms with van der Waals surface area (Å²) in [5, 5.41) is 8.61. The van der Waals surface area contributed by atoms with Gasteiger partial charge in [-0.05, 0) is 50.0 Å². The lowest BCUT2D eigenvalue weighted by atomic mass is 9.85.